The first kappa shape index (κ1) is 31.6. The Labute approximate surface area is 244 Å². The molecule has 2 saturated heterocycles. The van der Waals surface area contributed by atoms with Gasteiger partial charge in [0.15, 0.2) is 9.87 Å². The molecule has 13 heteroatoms. The number of hydrogen-bond acceptors (Lipinski definition) is 13. The van der Waals surface area contributed by atoms with Crippen LogP contribution < -0.4 is 20.4 Å². The molecule has 0 unspecified atom stereocenters. The summed E-state index contributed by atoms with van der Waals surface area (Å²) in [4.78, 5) is -0.434. The normalized spacial score (nSPS) is 33.7. The standard InChI is InChI=1S/C28H42N4O8S/c1-31(2)19-9-5-17(6-10-19)29-25-21(35)15-39-23(13-33)27(25,37)41-28(38)24(14-34)40-16-22(36)26(28)30-18-7-11-20(12-8-18)32(3)4/h5-12,21-26,29-30,33-38H,13-16H2,1-4H3/t21-,22-,23+,24+,25-,26-,27-,28-/m0/s1. The fourth-order valence-corrected chi connectivity index (χ4v) is 6.93. The first-order valence-corrected chi connectivity index (χ1v) is 14.3. The molecule has 41 heavy (non-hydrogen) atoms. The van der Waals surface area contributed by atoms with E-state index in [0.717, 1.165) is 11.4 Å². The molecule has 2 aromatic carbocycles. The van der Waals surface area contributed by atoms with Gasteiger partial charge in [-0.1, -0.05) is 11.8 Å². The molecular formula is C28H42N4O8S. The number of rotatable bonds is 10. The highest BCUT2D eigenvalue weighted by molar-refractivity contribution is 8.01. The van der Waals surface area contributed by atoms with Crippen molar-refractivity contribution in [3.8, 4) is 0 Å². The molecule has 2 aliphatic rings. The lowest BCUT2D eigenvalue weighted by Gasteiger charge is -2.54. The summed E-state index contributed by atoms with van der Waals surface area (Å²) in [6.07, 6.45) is -4.95. The van der Waals surface area contributed by atoms with Crippen LogP contribution >= 0.6 is 11.8 Å². The van der Waals surface area contributed by atoms with Crippen molar-refractivity contribution < 1.29 is 40.1 Å². The van der Waals surface area contributed by atoms with Crippen molar-refractivity contribution in [1.29, 1.82) is 0 Å². The van der Waals surface area contributed by atoms with Crippen molar-refractivity contribution in [1.82, 2.24) is 0 Å². The summed E-state index contributed by atoms with van der Waals surface area (Å²) in [5.74, 6) is 0. The maximum atomic E-state index is 12.2. The highest BCUT2D eigenvalue weighted by Gasteiger charge is 2.62. The van der Waals surface area contributed by atoms with Crippen LogP contribution in [-0.2, 0) is 9.47 Å². The molecule has 12 nitrogen and oxygen atoms in total. The van der Waals surface area contributed by atoms with E-state index in [1.807, 2.05) is 62.3 Å². The van der Waals surface area contributed by atoms with Crippen molar-refractivity contribution in [3.63, 3.8) is 0 Å². The maximum absolute atomic E-state index is 12.2. The smallest absolute Gasteiger partial charge is 0.164 e. The summed E-state index contributed by atoms with van der Waals surface area (Å²) in [6.45, 7) is -1.60. The molecule has 0 amide bonds. The fourth-order valence-electron chi connectivity index (χ4n) is 5.17. The Bertz CT molecular complexity index is 1040. The number of hydrogen-bond donors (Lipinski definition) is 8. The zero-order valence-corrected chi connectivity index (χ0v) is 24.5. The molecule has 2 aliphatic heterocycles. The van der Waals surface area contributed by atoms with Crippen molar-refractivity contribution in [2.45, 2.75) is 46.4 Å². The molecule has 0 radical (unpaired) electrons. The summed E-state index contributed by atoms with van der Waals surface area (Å²) in [6, 6.07) is 12.4. The molecule has 228 valence electrons. The van der Waals surface area contributed by atoms with Gasteiger partial charge in [-0.05, 0) is 48.5 Å². The third kappa shape index (κ3) is 6.53. The van der Waals surface area contributed by atoms with E-state index < -0.39 is 59.6 Å². The van der Waals surface area contributed by atoms with Gasteiger partial charge in [0.25, 0.3) is 0 Å². The molecule has 4 rings (SSSR count). The van der Waals surface area contributed by atoms with E-state index in [1.54, 1.807) is 24.3 Å². The van der Waals surface area contributed by atoms with Crippen molar-refractivity contribution in [3.05, 3.63) is 48.5 Å². The number of ether oxygens (including phenoxy) is 2. The van der Waals surface area contributed by atoms with E-state index in [2.05, 4.69) is 10.6 Å². The van der Waals surface area contributed by atoms with E-state index in [-0.39, 0.29) is 13.2 Å². The number of nitrogens with one attached hydrogen (secondary N) is 2. The molecule has 0 spiro atoms. The average Bonchev–Trinajstić information content (AvgIpc) is 2.94. The lowest BCUT2D eigenvalue weighted by molar-refractivity contribution is -0.174. The van der Waals surface area contributed by atoms with Crippen LogP contribution in [0.25, 0.3) is 0 Å². The number of benzene rings is 2. The predicted octanol–water partition coefficient (Wildman–Crippen LogP) is -0.306. The summed E-state index contributed by atoms with van der Waals surface area (Å²) in [5.41, 5.74) is 3.06. The number of nitrogens with zero attached hydrogens (tertiary/aromatic N) is 2. The van der Waals surface area contributed by atoms with Gasteiger partial charge in [-0.2, -0.15) is 0 Å². The Morgan fingerprint density at radius 1 is 0.707 bits per heavy atom. The van der Waals surface area contributed by atoms with E-state index in [0.29, 0.717) is 23.1 Å². The zero-order chi connectivity index (χ0) is 29.9. The third-order valence-corrected chi connectivity index (χ3v) is 9.28. The molecule has 2 fully saturated rings. The van der Waals surface area contributed by atoms with Crippen LogP contribution in [0, 0.1) is 0 Å². The van der Waals surface area contributed by atoms with Crippen molar-refractivity contribution in [2.24, 2.45) is 0 Å². The van der Waals surface area contributed by atoms with E-state index >= 15 is 0 Å². The maximum Gasteiger partial charge on any atom is 0.164 e. The second-order valence-electron chi connectivity index (χ2n) is 10.9. The topological polar surface area (TPSA) is 170 Å². The lowest BCUT2D eigenvalue weighted by atomic mass is 9.95. The molecule has 8 atom stereocenters. The minimum atomic E-state index is -2.15. The van der Waals surface area contributed by atoms with Crippen LogP contribution in [0.3, 0.4) is 0 Å². The number of anilines is 4. The quantitative estimate of drug-likeness (QED) is 0.169. The van der Waals surface area contributed by atoms with Crippen LogP contribution in [0.1, 0.15) is 0 Å². The van der Waals surface area contributed by atoms with Crippen molar-refractivity contribution >= 4 is 34.5 Å². The minimum absolute atomic E-state index is 0.178. The molecule has 2 heterocycles. The fraction of sp³-hybridized carbons (Fsp3) is 0.571. The highest BCUT2D eigenvalue weighted by Crippen LogP contribution is 2.49. The van der Waals surface area contributed by atoms with E-state index in [9.17, 15) is 30.6 Å². The monoisotopic (exact) mass is 594 g/mol. The molecule has 0 aliphatic carbocycles. The number of aliphatic hydroxyl groups is 6. The average molecular weight is 595 g/mol. The Morgan fingerprint density at radius 2 is 1.05 bits per heavy atom. The molecule has 8 N–H and O–H groups in total. The van der Waals surface area contributed by atoms with Crippen LogP contribution in [-0.4, -0.2) is 132 Å². The molecule has 0 aromatic heterocycles. The number of aliphatic hydroxyl groups excluding tert-OH is 4. The predicted molar refractivity (Wildman–Crippen MR) is 160 cm³/mol. The van der Waals surface area contributed by atoms with Crippen LogP contribution in [0.4, 0.5) is 22.7 Å². The zero-order valence-electron chi connectivity index (χ0n) is 23.7. The highest BCUT2D eigenvalue weighted by atomic mass is 32.2. The number of thioether (sulfide) groups is 1. The van der Waals surface area contributed by atoms with E-state index in [1.165, 1.54) is 0 Å². The summed E-state index contributed by atoms with van der Waals surface area (Å²) in [7, 11) is 7.63. The van der Waals surface area contributed by atoms with Gasteiger partial charge >= 0.3 is 0 Å². The Balaban J connectivity index is 1.69. The Kier molecular flexibility index (Phi) is 9.94. The Morgan fingerprint density at radius 3 is 1.34 bits per heavy atom. The third-order valence-electron chi connectivity index (χ3n) is 7.59. The molecule has 2 aromatic rings. The first-order valence-electron chi connectivity index (χ1n) is 13.5. The van der Waals surface area contributed by atoms with Gasteiger partial charge in [0, 0.05) is 50.9 Å². The second-order valence-corrected chi connectivity index (χ2v) is 12.4. The first-order chi connectivity index (χ1) is 19.4. The van der Waals surface area contributed by atoms with Gasteiger partial charge in [0.2, 0.25) is 0 Å². The van der Waals surface area contributed by atoms with Crippen LogP contribution in [0.5, 0.6) is 0 Å². The minimum Gasteiger partial charge on any atom is -0.394 e. The summed E-state index contributed by atoms with van der Waals surface area (Å²) < 4.78 is 11.3. The lowest BCUT2D eigenvalue weighted by Crippen LogP contribution is -2.71. The van der Waals surface area contributed by atoms with Gasteiger partial charge in [-0.15, -0.1) is 0 Å². The van der Waals surface area contributed by atoms with Crippen LogP contribution in [0.2, 0.25) is 0 Å². The largest absolute Gasteiger partial charge is 0.394 e. The molecule has 0 bridgehead atoms. The van der Waals surface area contributed by atoms with Crippen LogP contribution in [0.15, 0.2) is 48.5 Å². The molecular weight excluding hydrogens is 552 g/mol. The van der Waals surface area contributed by atoms with E-state index in [4.69, 9.17) is 9.47 Å². The summed E-state index contributed by atoms with van der Waals surface area (Å²) >= 11 is 0.569. The second kappa shape index (κ2) is 12.9. The van der Waals surface area contributed by atoms with Gasteiger partial charge in [-0.3, -0.25) is 0 Å². The van der Waals surface area contributed by atoms with Gasteiger partial charge in [-0.25, -0.2) is 0 Å². The molecule has 0 saturated carbocycles. The Hall–Kier alpha value is -2.33. The van der Waals surface area contributed by atoms with Gasteiger partial charge in [0.1, 0.15) is 24.4 Å². The van der Waals surface area contributed by atoms with Crippen molar-refractivity contribution in [2.75, 3.05) is 75.1 Å². The van der Waals surface area contributed by atoms with Gasteiger partial charge < -0.3 is 60.5 Å². The van der Waals surface area contributed by atoms with Gasteiger partial charge in [0.05, 0.1) is 38.5 Å². The SMILES string of the molecule is CN(C)c1ccc(N[C@H]2[C@@H](O)CO[C@H](CO)[C@]2(O)S[C@@]2(O)[C@@H](CO)OC[C@H](O)[C@@H]2Nc2ccc(N(C)C)cc2)cc1. The summed E-state index contributed by atoms with van der Waals surface area (Å²) in [5, 5.41) is 73.1.